The summed E-state index contributed by atoms with van der Waals surface area (Å²) in [6, 6.07) is 7.62. The van der Waals surface area contributed by atoms with Gasteiger partial charge in [-0.2, -0.15) is 0 Å². The zero-order valence-corrected chi connectivity index (χ0v) is 21.5. The molecule has 0 fully saturated rings. The molecule has 4 rings (SSSR count). The number of aryl methyl sites for hydroxylation is 2. The first-order valence-electron chi connectivity index (χ1n) is 12.4. The second-order valence-electron chi connectivity index (χ2n) is 8.37. The number of methoxy groups -OCH3 is 2. The van der Waals surface area contributed by atoms with Crippen LogP contribution in [0.5, 0.6) is 11.8 Å². The Morgan fingerprint density at radius 3 is 1.58 bits per heavy atom. The van der Waals surface area contributed by atoms with Crippen LogP contribution in [0.4, 0.5) is 0 Å². The van der Waals surface area contributed by atoms with E-state index in [1.54, 1.807) is 26.6 Å². The lowest BCUT2D eigenvalue weighted by Crippen LogP contribution is -2.01. The number of ether oxygens (including phenoxy) is 2. The Balaban J connectivity index is 0.000000201. The third-order valence-corrected chi connectivity index (χ3v) is 5.64. The number of aromatic nitrogens is 6. The van der Waals surface area contributed by atoms with E-state index < -0.39 is 0 Å². The van der Waals surface area contributed by atoms with Gasteiger partial charge in [-0.05, 0) is 37.9 Å². The Kier molecular flexibility index (Phi) is 10.9. The van der Waals surface area contributed by atoms with Gasteiger partial charge in [0.15, 0.2) is 0 Å². The van der Waals surface area contributed by atoms with Gasteiger partial charge in [-0.15, -0.1) is 0 Å². The summed E-state index contributed by atoms with van der Waals surface area (Å²) >= 11 is 0. The monoisotopic (exact) mass is 491 g/mol. The van der Waals surface area contributed by atoms with Gasteiger partial charge in [0, 0.05) is 61.1 Å². The maximum absolute atomic E-state index is 5.47. The van der Waals surface area contributed by atoms with Gasteiger partial charge in [-0.3, -0.25) is 0 Å². The highest BCUT2D eigenvalue weighted by atomic mass is 16.5. The molecule has 0 radical (unpaired) electrons. The van der Waals surface area contributed by atoms with Crippen molar-refractivity contribution >= 4 is 0 Å². The van der Waals surface area contributed by atoms with Crippen LogP contribution in [0, 0.1) is 0 Å². The lowest BCUT2D eigenvalue weighted by molar-refractivity contribution is 0.398. The zero-order valence-electron chi connectivity index (χ0n) is 21.5. The average Bonchev–Trinajstić information content (AvgIpc) is 3.60. The van der Waals surface area contributed by atoms with E-state index in [-0.39, 0.29) is 0 Å². The number of hydrogen-bond donors (Lipinski definition) is 1. The largest absolute Gasteiger partial charge is 0.481 e. The Bertz CT molecular complexity index is 1050. The van der Waals surface area contributed by atoms with Crippen molar-refractivity contribution in [2.75, 3.05) is 20.8 Å². The number of unbranched alkanes of at least 4 members (excludes halogenated alkanes) is 3. The number of hydrogen-bond acceptors (Lipinski definition) is 7. The van der Waals surface area contributed by atoms with Crippen LogP contribution in [0.25, 0.3) is 22.5 Å². The van der Waals surface area contributed by atoms with Gasteiger partial charge in [0.05, 0.1) is 38.3 Å². The number of nitrogens with zero attached hydrogens (tertiary/aromatic N) is 6. The molecule has 4 aromatic heterocycles. The van der Waals surface area contributed by atoms with Crippen LogP contribution in [-0.2, 0) is 13.1 Å². The summed E-state index contributed by atoms with van der Waals surface area (Å²) in [6.07, 6.45) is 17.2. The molecule has 0 saturated carbocycles. The summed E-state index contributed by atoms with van der Waals surface area (Å²) in [5.41, 5.74) is 9.37. The lowest BCUT2D eigenvalue weighted by atomic mass is 10.2. The molecule has 0 atom stereocenters. The van der Waals surface area contributed by atoms with Crippen LogP contribution in [0.1, 0.15) is 39.0 Å². The first-order valence-corrected chi connectivity index (χ1v) is 12.4. The van der Waals surface area contributed by atoms with Crippen LogP contribution in [-0.4, -0.2) is 49.8 Å². The molecule has 0 amide bonds. The highest BCUT2D eigenvalue weighted by molar-refractivity contribution is 5.57. The molecule has 0 aliphatic heterocycles. The molecule has 0 unspecified atom stereocenters. The third kappa shape index (κ3) is 8.20. The van der Waals surface area contributed by atoms with E-state index in [1.807, 2.05) is 43.1 Å². The van der Waals surface area contributed by atoms with Crippen LogP contribution in [0.3, 0.4) is 0 Å². The molecule has 4 aromatic rings. The second kappa shape index (κ2) is 14.6. The van der Waals surface area contributed by atoms with Crippen molar-refractivity contribution in [3.05, 3.63) is 61.7 Å². The Morgan fingerprint density at radius 2 is 1.19 bits per heavy atom. The van der Waals surface area contributed by atoms with Crippen LogP contribution in [0.15, 0.2) is 61.7 Å². The summed E-state index contributed by atoms with van der Waals surface area (Å²) < 4.78 is 14.3. The van der Waals surface area contributed by atoms with Crippen molar-refractivity contribution in [2.24, 2.45) is 5.73 Å². The standard InChI is InChI=1S/C14H19N3O.C13H18N4O/c1-3-4-5-8-17-10-13(16-11-17)12-6-7-14(18-2)15-9-12;1-18-13-5-4-11(8-15-13)12-9-17(10-16-12)7-3-2-6-14/h6-7,9-11H,3-5,8H2,1-2H3;4-5,8-10H,2-3,6-7,14H2,1H3. The number of imidazole rings is 2. The van der Waals surface area contributed by atoms with Gasteiger partial charge < -0.3 is 24.3 Å². The van der Waals surface area contributed by atoms with E-state index in [0.717, 1.165) is 55.0 Å². The lowest BCUT2D eigenvalue weighted by Gasteiger charge is -2.00. The highest BCUT2D eigenvalue weighted by Gasteiger charge is 2.04. The second-order valence-corrected chi connectivity index (χ2v) is 8.37. The van der Waals surface area contributed by atoms with Gasteiger partial charge >= 0.3 is 0 Å². The van der Waals surface area contributed by atoms with E-state index in [4.69, 9.17) is 15.2 Å². The predicted octanol–water partition coefficient (Wildman–Crippen LogP) is 4.84. The molecule has 4 heterocycles. The minimum absolute atomic E-state index is 0.612. The van der Waals surface area contributed by atoms with Crippen molar-refractivity contribution in [3.63, 3.8) is 0 Å². The zero-order chi connectivity index (χ0) is 25.6. The molecule has 36 heavy (non-hydrogen) atoms. The average molecular weight is 492 g/mol. The molecular weight excluding hydrogens is 454 g/mol. The molecule has 0 bridgehead atoms. The third-order valence-electron chi connectivity index (χ3n) is 5.64. The molecule has 0 aromatic carbocycles. The predicted molar refractivity (Wildman–Crippen MR) is 142 cm³/mol. The fourth-order valence-electron chi connectivity index (χ4n) is 3.55. The van der Waals surface area contributed by atoms with Gasteiger partial charge in [0.1, 0.15) is 0 Å². The van der Waals surface area contributed by atoms with Crippen LogP contribution in [0.2, 0.25) is 0 Å². The molecule has 0 spiro atoms. The highest BCUT2D eigenvalue weighted by Crippen LogP contribution is 2.19. The number of rotatable bonds is 12. The molecule has 0 saturated heterocycles. The fraction of sp³-hybridized carbons (Fsp3) is 0.407. The fourth-order valence-corrected chi connectivity index (χ4v) is 3.55. The summed E-state index contributed by atoms with van der Waals surface area (Å²) in [7, 11) is 3.22. The number of pyridine rings is 2. The molecule has 0 aliphatic carbocycles. The molecule has 9 nitrogen and oxygen atoms in total. The quantitative estimate of drug-likeness (QED) is 0.283. The van der Waals surface area contributed by atoms with Crippen LogP contribution < -0.4 is 15.2 Å². The SMILES string of the molecule is CCCCCn1cnc(-c2ccc(OC)nc2)c1.COc1ccc(-c2cn(CCCCN)cn2)cn1. The van der Waals surface area contributed by atoms with E-state index in [0.29, 0.717) is 11.8 Å². The molecule has 192 valence electrons. The minimum Gasteiger partial charge on any atom is -0.481 e. The number of nitrogens with two attached hydrogens (primary N) is 1. The topological polar surface area (TPSA) is 106 Å². The van der Waals surface area contributed by atoms with Gasteiger partial charge in [-0.1, -0.05) is 19.8 Å². The normalized spacial score (nSPS) is 10.6. The minimum atomic E-state index is 0.612. The van der Waals surface area contributed by atoms with Crippen molar-refractivity contribution in [1.29, 1.82) is 0 Å². The van der Waals surface area contributed by atoms with E-state index in [9.17, 15) is 0 Å². The molecule has 0 aliphatic rings. The Labute approximate surface area is 213 Å². The van der Waals surface area contributed by atoms with Gasteiger partial charge in [0.2, 0.25) is 11.8 Å². The first-order chi connectivity index (χ1) is 17.7. The first kappa shape index (κ1) is 26.9. The smallest absolute Gasteiger partial charge is 0.212 e. The summed E-state index contributed by atoms with van der Waals surface area (Å²) in [6.45, 7) is 4.94. The van der Waals surface area contributed by atoms with Crippen molar-refractivity contribution in [1.82, 2.24) is 29.1 Å². The molecule has 9 heteroatoms. The van der Waals surface area contributed by atoms with E-state index in [1.165, 1.54) is 19.3 Å². The summed E-state index contributed by atoms with van der Waals surface area (Å²) in [4.78, 5) is 17.1. The Morgan fingerprint density at radius 1 is 0.694 bits per heavy atom. The molecule has 2 N–H and O–H groups in total. The molecular formula is C27H37N7O2. The maximum Gasteiger partial charge on any atom is 0.212 e. The van der Waals surface area contributed by atoms with E-state index >= 15 is 0 Å². The van der Waals surface area contributed by atoms with Crippen molar-refractivity contribution in [2.45, 2.75) is 52.1 Å². The van der Waals surface area contributed by atoms with E-state index in [2.05, 4.69) is 42.2 Å². The van der Waals surface area contributed by atoms with Crippen molar-refractivity contribution in [3.8, 4) is 34.3 Å². The van der Waals surface area contributed by atoms with Gasteiger partial charge in [-0.25, -0.2) is 19.9 Å². The van der Waals surface area contributed by atoms with Crippen molar-refractivity contribution < 1.29 is 9.47 Å². The van der Waals surface area contributed by atoms with Gasteiger partial charge in [0.25, 0.3) is 0 Å². The maximum atomic E-state index is 5.47. The summed E-state index contributed by atoms with van der Waals surface area (Å²) in [5, 5.41) is 0. The summed E-state index contributed by atoms with van der Waals surface area (Å²) in [5.74, 6) is 1.24. The Hall–Kier alpha value is -3.72. The van der Waals surface area contributed by atoms with Crippen LogP contribution >= 0.6 is 0 Å².